The van der Waals surface area contributed by atoms with E-state index in [1.807, 2.05) is 13.8 Å². The van der Waals surface area contributed by atoms with Crippen molar-refractivity contribution < 1.29 is 13.9 Å². The molecule has 0 saturated carbocycles. The Morgan fingerprint density at radius 2 is 2.18 bits per heavy atom. The third-order valence-corrected chi connectivity index (χ3v) is 2.08. The number of carbonyl (C=O) groups excluding carboxylic acids is 1. The number of carbonyl (C=O) groups is 1. The Kier molecular flexibility index (Phi) is 4.31. The molecule has 0 spiro atoms. The van der Waals surface area contributed by atoms with Gasteiger partial charge in [-0.25, -0.2) is 9.18 Å². The molecule has 3 N–H and O–H groups in total. The maximum atomic E-state index is 13.5. The lowest BCUT2D eigenvalue weighted by Crippen LogP contribution is -2.14. The Balaban J connectivity index is 3.09. The van der Waals surface area contributed by atoms with E-state index in [4.69, 9.17) is 10.5 Å². The molecule has 0 fully saturated rings. The predicted octanol–water partition coefficient (Wildman–Crippen LogP) is 2.40. The van der Waals surface area contributed by atoms with Gasteiger partial charge in [0.15, 0.2) is 0 Å². The van der Waals surface area contributed by atoms with Crippen LogP contribution in [0, 0.1) is 5.82 Å². The van der Waals surface area contributed by atoms with E-state index in [-0.39, 0.29) is 23.9 Å². The number of hydrogen-bond acceptors (Lipinski definition) is 4. The molecule has 1 aromatic carbocycles. The molecule has 0 aromatic heterocycles. The standard InChI is InChI=1S/C12H17FN2O2/c1-4-17-12(16)8-5-11(15-7(2)3)10(14)6-9(8)13/h5-7,15H,4,14H2,1-3H3. The fourth-order valence-corrected chi connectivity index (χ4v) is 1.39. The lowest BCUT2D eigenvalue weighted by molar-refractivity contribution is 0.0521. The van der Waals surface area contributed by atoms with Crippen molar-refractivity contribution in [1.82, 2.24) is 0 Å². The number of esters is 1. The van der Waals surface area contributed by atoms with E-state index < -0.39 is 11.8 Å². The third kappa shape index (κ3) is 3.34. The molecule has 0 heterocycles. The molecule has 0 aliphatic heterocycles. The lowest BCUT2D eigenvalue weighted by Gasteiger charge is -2.14. The van der Waals surface area contributed by atoms with Crippen LogP contribution in [0.15, 0.2) is 12.1 Å². The molecule has 0 aliphatic carbocycles. The van der Waals surface area contributed by atoms with E-state index >= 15 is 0 Å². The van der Waals surface area contributed by atoms with Gasteiger partial charge >= 0.3 is 5.97 Å². The van der Waals surface area contributed by atoms with Crippen molar-refractivity contribution in [2.75, 3.05) is 17.7 Å². The quantitative estimate of drug-likeness (QED) is 0.626. The van der Waals surface area contributed by atoms with Crippen molar-refractivity contribution in [2.24, 2.45) is 0 Å². The minimum atomic E-state index is -0.684. The second-order valence-electron chi connectivity index (χ2n) is 3.94. The normalized spacial score (nSPS) is 10.4. The average Bonchev–Trinajstić information content (AvgIpc) is 2.21. The minimum absolute atomic E-state index is 0.107. The summed E-state index contributed by atoms with van der Waals surface area (Å²) in [5.41, 5.74) is 6.35. The maximum absolute atomic E-state index is 13.5. The number of rotatable bonds is 4. The van der Waals surface area contributed by atoms with Crippen LogP contribution in [0.25, 0.3) is 0 Å². The number of nitrogen functional groups attached to an aromatic ring is 1. The monoisotopic (exact) mass is 240 g/mol. The first-order chi connectivity index (χ1) is 7.95. The molecule has 1 rings (SSSR count). The summed E-state index contributed by atoms with van der Waals surface area (Å²) in [5, 5.41) is 3.04. The molecule has 0 saturated heterocycles. The first-order valence-corrected chi connectivity index (χ1v) is 5.48. The Labute approximate surface area is 100.0 Å². The van der Waals surface area contributed by atoms with Gasteiger partial charge in [-0.15, -0.1) is 0 Å². The average molecular weight is 240 g/mol. The zero-order valence-corrected chi connectivity index (χ0v) is 10.2. The number of ether oxygens (including phenoxy) is 1. The van der Waals surface area contributed by atoms with Crippen LogP contribution >= 0.6 is 0 Å². The summed E-state index contributed by atoms with van der Waals surface area (Å²) >= 11 is 0. The van der Waals surface area contributed by atoms with Crippen LogP contribution < -0.4 is 11.1 Å². The molecule has 5 heteroatoms. The van der Waals surface area contributed by atoms with Crippen LogP contribution in [0.3, 0.4) is 0 Å². The summed E-state index contributed by atoms with van der Waals surface area (Å²) in [5.74, 6) is -1.35. The van der Waals surface area contributed by atoms with Gasteiger partial charge in [0.05, 0.1) is 23.5 Å². The molecule has 0 amide bonds. The second-order valence-corrected chi connectivity index (χ2v) is 3.94. The summed E-state index contributed by atoms with van der Waals surface area (Å²) in [6.07, 6.45) is 0. The Morgan fingerprint density at radius 1 is 1.53 bits per heavy atom. The van der Waals surface area contributed by atoms with Crippen LogP contribution in [0.4, 0.5) is 15.8 Å². The zero-order chi connectivity index (χ0) is 13.0. The minimum Gasteiger partial charge on any atom is -0.462 e. The SMILES string of the molecule is CCOC(=O)c1cc(NC(C)C)c(N)cc1F. The van der Waals surface area contributed by atoms with Gasteiger partial charge in [-0.3, -0.25) is 0 Å². The molecule has 4 nitrogen and oxygen atoms in total. The van der Waals surface area contributed by atoms with Gasteiger partial charge in [0.25, 0.3) is 0 Å². The number of halogens is 1. The number of benzene rings is 1. The molecule has 94 valence electrons. The summed E-state index contributed by atoms with van der Waals surface area (Å²) in [7, 11) is 0. The van der Waals surface area contributed by atoms with Gasteiger partial charge in [0.2, 0.25) is 0 Å². The van der Waals surface area contributed by atoms with E-state index in [1.165, 1.54) is 6.07 Å². The van der Waals surface area contributed by atoms with Crippen LogP contribution in [0.2, 0.25) is 0 Å². The molecular formula is C12H17FN2O2. The van der Waals surface area contributed by atoms with Crippen molar-refractivity contribution in [1.29, 1.82) is 0 Å². The van der Waals surface area contributed by atoms with Gasteiger partial charge in [0, 0.05) is 6.04 Å². The van der Waals surface area contributed by atoms with Crippen LogP contribution in [0.1, 0.15) is 31.1 Å². The number of hydrogen-bond donors (Lipinski definition) is 2. The number of nitrogens with two attached hydrogens (primary N) is 1. The highest BCUT2D eigenvalue weighted by Gasteiger charge is 2.16. The first kappa shape index (κ1) is 13.3. The highest BCUT2D eigenvalue weighted by atomic mass is 19.1. The summed E-state index contributed by atoms with van der Waals surface area (Å²) in [4.78, 5) is 11.5. The Bertz CT molecular complexity index is 419. The largest absolute Gasteiger partial charge is 0.462 e. The summed E-state index contributed by atoms with van der Waals surface area (Å²) in [6.45, 7) is 5.72. The van der Waals surface area contributed by atoms with Crippen molar-refractivity contribution in [3.05, 3.63) is 23.5 Å². The summed E-state index contributed by atoms with van der Waals surface area (Å²) in [6, 6.07) is 2.64. The van der Waals surface area contributed by atoms with Crippen LogP contribution in [0.5, 0.6) is 0 Å². The van der Waals surface area contributed by atoms with Crippen molar-refractivity contribution >= 4 is 17.3 Å². The first-order valence-electron chi connectivity index (χ1n) is 5.48. The van der Waals surface area contributed by atoms with Crippen molar-refractivity contribution in [3.63, 3.8) is 0 Å². The van der Waals surface area contributed by atoms with E-state index in [2.05, 4.69) is 5.32 Å². The number of anilines is 2. The van der Waals surface area contributed by atoms with Gasteiger partial charge in [0.1, 0.15) is 5.82 Å². The fraction of sp³-hybridized carbons (Fsp3) is 0.417. The molecule has 0 radical (unpaired) electrons. The highest BCUT2D eigenvalue weighted by Crippen LogP contribution is 2.24. The molecule has 0 bridgehead atoms. The van der Waals surface area contributed by atoms with E-state index in [0.29, 0.717) is 5.69 Å². The summed E-state index contributed by atoms with van der Waals surface area (Å²) < 4.78 is 18.3. The van der Waals surface area contributed by atoms with E-state index in [1.54, 1.807) is 6.92 Å². The molecule has 1 aromatic rings. The lowest BCUT2D eigenvalue weighted by atomic mass is 10.1. The molecule has 0 aliphatic rings. The smallest absolute Gasteiger partial charge is 0.341 e. The predicted molar refractivity (Wildman–Crippen MR) is 65.5 cm³/mol. The van der Waals surface area contributed by atoms with Gasteiger partial charge < -0.3 is 15.8 Å². The van der Waals surface area contributed by atoms with Gasteiger partial charge in [-0.2, -0.15) is 0 Å². The van der Waals surface area contributed by atoms with Crippen LogP contribution in [-0.2, 0) is 4.74 Å². The maximum Gasteiger partial charge on any atom is 0.341 e. The highest BCUT2D eigenvalue weighted by molar-refractivity contribution is 5.92. The third-order valence-electron chi connectivity index (χ3n) is 2.08. The van der Waals surface area contributed by atoms with Crippen molar-refractivity contribution in [2.45, 2.75) is 26.8 Å². The molecular weight excluding hydrogens is 223 g/mol. The van der Waals surface area contributed by atoms with Gasteiger partial charge in [-0.1, -0.05) is 0 Å². The van der Waals surface area contributed by atoms with E-state index in [0.717, 1.165) is 6.07 Å². The van der Waals surface area contributed by atoms with Crippen molar-refractivity contribution in [3.8, 4) is 0 Å². The van der Waals surface area contributed by atoms with Gasteiger partial charge in [-0.05, 0) is 32.9 Å². The van der Waals surface area contributed by atoms with Crippen LogP contribution in [-0.4, -0.2) is 18.6 Å². The van der Waals surface area contributed by atoms with E-state index in [9.17, 15) is 9.18 Å². The fourth-order valence-electron chi connectivity index (χ4n) is 1.39. The second kappa shape index (κ2) is 5.52. The molecule has 0 unspecified atom stereocenters. The number of nitrogens with one attached hydrogen (secondary N) is 1. The molecule has 17 heavy (non-hydrogen) atoms. The molecule has 0 atom stereocenters. The zero-order valence-electron chi connectivity index (χ0n) is 10.2. The Morgan fingerprint density at radius 3 is 2.71 bits per heavy atom. The Hall–Kier alpha value is -1.78. The topological polar surface area (TPSA) is 64.3 Å².